The maximum atomic E-state index is 11.8. The van der Waals surface area contributed by atoms with Crippen LogP contribution in [0.5, 0.6) is 0 Å². The quantitative estimate of drug-likeness (QED) is 0.175. The first-order chi connectivity index (χ1) is 17.5. The Bertz CT molecular complexity index is 1090. The number of nitrogens with zero attached hydrogens (tertiary/aromatic N) is 5. The highest BCUT2D eigenvalue weighted by molar-refractivity contribution is 7.99. The number of Topliss-reactive ketones (excluding diaryl/α,β-unsaturated/α-hetero) is 1. The van der Waals surface area contributed by atoms with E-state index in [1.165, 1.54) is 22.9 Å². The molecule has 1 fully saturated rings. The molecule has 0 aliphatic carbocycles. The second-order valence-electron chi connectivity index (χ2n) is 8.89. The first-order valence-electron chi connectivity index (χ1n) is 12.1. The molecule has 3 N–H and O–H groups in total. The number of hydrogen-bond donors (Lipinski definition) is 2. The number of rotatable bonds is 11. The van der Waals surface area contributed by atoms with E-state index in [4.69, 9.17) is 5.84 Å². The van der Waals surface area contributed by atoms with Gasteiger partial charge in [-0.2, -0.15) is 0 Å². The molecule has 3 aromatic rings. The predicted octanol–water partition coefficient (Wildman–Crippen LogP) is 1.90. The second-order valence-corrected chi connectivity index (χ2v) is 9.84. The highest BCUT2D eigenvalue weighted by Crippen LogP contribution is 2.29. The van der Waals surface area contributed by atoms with Crippen LogP contribution < -0.4 is 11.3 Å². The molecular formula is C26H33N7O2S. The van der Waals surface area contributed by atoms with E-state index >= 15 is 0 Å². The van der Waals surface area contributed by atoms with Crippen molar-refractivity contribution in [2.24, 2.45) is 5.84 Å². The van der Waals surface area contributed by atoms with Gasteiger partial charge in [0.1, 0.15) is 11.6 Å². The number of benzene rings is 2. The third-order valence-corrected chi connectivity index (χ3v) is 7.29. The smallest absolute Gasteiger partial charge is 0.244 e. The van der Waals surface area contributed by atoms with Crippen molar-refractivity contribution in [2.45, 2.75) is 31.1 Å². The lowest BCUT2D eigenvalue weighted by Crippen LogP contribution is -2.48. The molecule has 0 spiro atoms. The van der Waals surface area contributed by atoms with Gasteiger partial charge in [-0.1, -0.05) is 72.4 Å². The van der Waals surface area contributed by atoms with Crippen molar-refractivity contribution in [3.05, 3.63) is 77.6 Å². The topological polar surface area (TPSA) is 109 Å². The molecule has 9 nitrogen and oxygen atoms in total. The summed E-state index contributed by atoms with van der Waals surface area (Å²) in [4.78, 5) is 28.4. The summed E-state index contributed by atoms with van der Waals surface area (Å²) in [5, 5.41) is 9.10. The zero-order chi connectivity index (χ0) is 25.3. The molecule has 1 amide bonds. The Balaban J connectivity index is 1.38. The Hall–Kier alpha value is -3.05. The van der Waals surface area contributed by atoms with Gasteiger partial charge in [0.15, 0.2) is 5.16 Å². The molecule has 0 atom stereocenters. The molecule has 0 radical (unpaired) electrons. The summed E-state index contributed by atoms with van der Waals surface area (Å²) in [6, 6.07) is 21.6. The Labute approximate surface area is 216 Å². The van der Waals surface area contributed by atoms with Gasteiger partial charge in [-0.05, 0) is 18.1 Å². The molecule has 0 unspecified atom stereocenters. The van der Waals surface area contributed by atoms with Crippen LogP contribution in [-0.4, -0.2) is 74.7 Å². The number of hydrazine groups is 1. The first kappa shape index (κ1) is 26.0. The van der Waals surface area contributed by atoms with Gasteiger partial charge < -0.3 is 4.90 Å². The number of nitrogens with one attached hydrogen (secondary N) is 1. The molecule has 190 valence electrons. The van der Waals surface area contributed by atoms with Crippen LogP contribution in [0.2, 0.25) is 0 Å². The minimum Gasteiger partial charge on any atom is -0.300 e. The van der Waals surface area contributed by atoms with Crippen molar-refractivity contribution in [3.8, 4) is 0 Å². The van der Waals surface area contributed by atoms with Gasteiger partial charge in [0.05, 0.1) is 18.3 Å². The van der Waals surface area contributed by atoms with Crippen LogP contribution in [0.15, 0.2) is 65.8 Å². The van der Waals surface area contributed by atoms with E-state index in [1.54, 1.807) is 6.92 Å². The van der Waals surface area contributed by atoms with Crippen LogP contribution in [0.3, 0.4) is 0 Å². The minimum absolute atomic E-state index is 0.0163. The Kier molecular flexibility index (Phi) is 9.23. The monoisotopic (exact) mass is 507 g/mol. The zero-order valence-corrected chi connectivity index (χ0v) is 21.4. The van der Waals surface area contributed by atoms with Crippen molar-refractivity contribution >= 4 is 23.5 Å². The van der Waals surface area contributed by atoms with Gasteiger partial charge >= 0.3 is 0 Å². The molecule has 2 heterocycles. The van der Waals surface area contributed by atoms with Gasteiger partial charge in [-0.25, -0.2) is 5.84 Å². The lowest BCUT2D eigenvalue weighted by atomic mass is 9.96. The molecule has 1 aromatic heterocycles. The number of piperazine rings is 1. The lowest BCUT2D eigenvalue weighted by Gasteiger charge is -2.39. The highest BCUT2D eigenvalue weighted by Gasteiger charge is 2.26. The van der Waals surface area contributed by atoms with Gasteiger partial charge in [-0.3, -0.25) is 24.5 Å². The Morgan fingerprint density at radius 2 is 1.58 bits per heavy atom. The maximum absolute atomic E-state index is 11.8. The fraction of sp³-hybridized carbons (Fsp3) is 0.385. The number of hydrogen-bond acceptors (Lipinski definition) is 8. The van der Waals surface area contributed by atoms with E-state index in [9.17, 15) is 9.59 Å². The van der Waals surface area contributed by atoms with Crippen LogP contribution in [0.25, 0.3) is 0 Å². The fourth-order valence-electron chi connectivity index (χ4n) is 4.55. The van der Waals surface area contributed by atoms with E-state index in [1.807, 2.05) is 4.57 Å². The van der Waals surface area contributed by atoms with Crippen LogP contribution in [0.4, 0.5) is 0 Å². The predicted molar refractivity (Wildman–Crippen MR) is 140 cm³/mol. The third-order valence-electron chi connectivity index (χ3n) is 6.32. The molecule has 1 aliphatic rings. The van der Waals surface area contributed by atoms with E-state index < -0.39 is 0 Å². The van der Waals surface area contributed by atoms with Crippen molar-refractivity contribution in [1.82, 2.24) is 30.0 Å². The van der Waals surface area contributed by atoms with Crippen molar-refractivity contribution in [1.29, 1.82) is 0 Å². The van der Waals surface area contributed by atoms with Crippen LogP contribution in [0.1, 0.15) is 29.9 Å². The molecule has 0 bridgehead atoms. The average molecular weight is 508 g/mol. The van der Waals surface area contributed by atoms with Gasteiger partial charge in [-0.15, -0.1) is 10.2 Å². The standard InChI is InChI=1S/C26H33N7O2S/c1-20(34)18-33-23(29-30-26(33)36-19-24(35)28-27)12-13-31-14-16-32(17-15-31)25(21-8-4-2-5-9-21)22-10-6-3-7-11-22/h2-11,25H,12-19,27H2,1H3,(H,28,35). The number of nitrogens with two attached hydrogens (primary N) is 1. The largest absolute Gasteiger partial charge is 0.300 e. The van der Waals surface area contributed by atoms with E-state index in [2.05, 4.69) is 86.1 Å². The Morgan fingerprint density at radius 3 is 2.14 bits per heavy atom. The van der Waals surface area contributed by atoms with Crippen LogP contribution in [0, 0.1) is 0 Å². The van der Waals surface area contributed by atoms with Gasteiger partial charge in [0, 0.05) is 39.1 Å². The highest BCUT2D eigenvalue weighted by atomic mass is 32.2. The lowest BCUT2D eigenvalue weighted by molar-refractivity contribution is -0.119. The summed E-state index contributed by atoms with van der Waals surface area (Å²) < 4.78 is 1.81. The summed E-state index contributed by atoms with van der Waals surface area (Å²) in [5.74, 6) is 5.76. The number of thioether (sulfide) groups is 1. The number of carbonyl (C=O) groups excluding carboxylic acids is 2. The number of carbonyl (C=O) groups is 2. The maximum Gasteiger partial charge on any atom is 0.244 e. The molecule has 0 saturated carbocycles. The van der Waals surface area contributed by atoms with Gasteiger partial charge in [0.25, 0.3) is 0 Å². The average Bonchev–Trinajstić information content (AvgIpc) is 3.28. The second kappa shape index (κ2) is 12.8. The van der Waals surface area contributed by atoms with Gasteiger partial charge in [0.2, 0.25) is 5.91 Å². The summed E-state index contributed by atoms with van der Waals surface area (Å²) >= 11 is 1.23. The minimum atomic E-state index is -0.305. The number of aromatic nitrogens is 3. The normalized spacial score (nSPS) is 14.8. The van der Waals surface area contributed by atoms with E-state index in [0.29, 0.717) is 11.6 Å². The van der Waals surface area contributed by atoms with Crippen molar-refractivity contribution < 1.29 is 9.59 Å². The molecule has 10 heteroatoms. The molecule has 1 saturated heterocycles. The molecule has 2 aromatic carbocycles. The first-order valence-corrected chi connectivity index (χ1v) is 13.1. The summed E-state index contributed by atoms with van der Waals surface area (Å²) in [6.07, 6.45) is 0.685. The zero-order valence-electron chi connectivity index (χ0n) is 20.5. The number of amides is 1. The van der Waals surface area contributed by atoms with E-state index in [-0.39, 0.29) is 30.0 Å². The number of ketones is 1. The summed E-state index contributed by atoms with van der Waals surface area (Å²) in [5.41, 5.74) is 4.72. The fourth-order valence-corrected chi connectivity index (χ4v) is 5.32. The summed E-state index contributed by atoms with van der Waals surface area (Å²) in [6.45, 7) is 6.40. The molecule has 4 rings (SSSR count). The SMILES string of the molecule is CC(=O)Cn1c(CCN2CCN(C(c3ccccc3)c3ccccc3)CC2)nnc1SCC(=O)NN. The van der Waals surface area contributed by atoms with Crippen molar-refractivity contribution in [2.75, 3.05) is 38.5 Å². The third kappa shape index (κ3) is 6.79. The van der Waals surface area contributed by atoms with Crippen LogP contribution in [-0.2, 0) is 22.6 Å². The van der Waals surface area contributed by atoms with E-state index in [0.717, 1.165) is 38.5 Å². The Morgan fingerprint density at radius 1 is 0.972 bits per heavy atom. The summed E-state index contributed by atoms with van der Waals surface area (Å²) in [7, 11) is 0. The molecule has 36 heavy (non-hydrogen) atoms. The molecular weight excluding hydrogens is 474 g/mol. The molecule has 1 aliphatic heterocycles. The van der Waals surface area contributed by atoms with Crippen molar-refractivity contribution in [3.63, 3.8) is 0 Å². The van der Waals surface area contributed by atoms with Crippen LogP contribution >= 0.6 is 11.8 Å².